The average molecular weight is 196 g/mol. The lowest BCUT2D eigenvalue weighted by Gasteiger charge is -2.37. The fourth-order valence-electron chi connectivity index (χ4n) is 3.41. The number of fused-ring (bicyclic) bond motifs is 1. The summed E-state index contributed by atoms with van der Waals surface area (Å²) < 4.78 is 11.6. The fourth-order valence-corrected chi connectivity index (χ4v) is 3.41. The minimum atomic E-state index is -0.538. The van der Waals surface area contributed by atoms with Gasteiger partial charge >= 0.3 is 0 Å². The molecule has 14 heavy (non-hydrogen) atoms. The van der Waals surface area contributed by atoms with Gasteiger partial charge < -0.3 is 9.47 Å². The summed E-state index contributed by atoms with van der Waals surface area (Å²) in [5.41, 5.74) is -0.774. The van der Waals surface area contributed by atoms with Gasteiger partial charge in [0.2, 0.25) is 0 Å². The number of hydrogen-bond acceptors (Lipinski definition) is 3. The summed E-state index contributed by atoms with van der Waals surface area (Å²) in [6.07, 6.45) is 5.52. The van der Waals surface area contributed by atoms with E-state index in [2.05, 4.69) is 0 Å². The van der Waals surface area contributed by atoms with Crippen molar-refractivity contribution in [1.29, 1.82) is 0 Å². The number of carbonyl (C=O) groups excluding carboxylic acids is 1. The van der Waals surface area contributed by atoms with E-state index in [9.17, 15) is 4.79 Å². The molecule has 0 radical (unpaired) electrons. The quantitative estimate of drug-likeness (QED) is 0.588. The van der Waals surface area contributed by atoms with Crippen molar-refractivity contribution in [1.82, 2.24) is 0 Å². The Bertz CT molecular complexity index is 260. The number of ether oxygens (including phenoxy) is 2. The van der Waals surface area contributed by atoms with E-state index >= 15 is 0 Å². The Kier molecular flexibility index (Phi) is 1.77. The van der Waals surface area contributed by atoms with Crippen molar-refractivity contribution in [2.45, 2.75) is 49.7 Å². The Hall–Kier alpha value is -0.410. The molecule has 0 aromatic heterocycles. The van der Waals surface area contributed by atoms with E-state index in [-0.39, 0.29) is 11.4 Å². The SMILES string of the molecule is O=C1CC[C@]2(CCCO2)[C@@]12CCCO2. The van der Waals surface area contributed by atoms with Crippen LogP contribution in [0.5, 0.6) is 0 Å². The Morgan fingerprint density at radius 3 is 2.43 bits per heavy atom. The maximum absolute atomic E-state index is 12.0. The van der Waals surface area contributed by atoms with Crippen molar-refractivity contribution in [2.24, 2.45) is 0 Å². The molecule has 2 aliphatic heterocycles. The highest BCUT2D eigenvalue weighted by Crippen LogP contribution is 2.52. The number of ketones is 1. The van der Waals surface area contributed by atoms with Gasteiger partial charge in [0.1, 0.15) is 5.60 Å². The zero-order valence-corrected chi connectivity index (χ0v) is 8.38. The van der Waals surface area contributed by atoms with Crippen molar-refractivity contribution < 1.29 is 14.3 Å². The van der Waals surface area contributed by atoms with Gasteiger partial charge in [0.15, 0.2) is 11.4 Å². The first kappa shape index (κ1) is 8.86. The Morgan fingerprint density at radius 1 is 1.00 bits per heavy atom. The molecule has 3 aliphatic rings. The first-order valence-electron chi connectivity index (χ1n) is 5.60. The molecule has 0 N–H and O–H groups in total. The van der Waals surface area contributed by atoms with E-state index in [0.717, 1.165) is 45.3 Å². The highest BCUT2D eigenvalue weighted by Gasteiger charge is 2.64. The van der Waals surface area contributed by atoms with Crippen LogP contribution in [-0.4, -0.2) is 30.2 Å². The van der Waals surface area contributed by atoms with Gasteiger partial charge in [-0.2, -0.15) is 0 Å². The van der Waals surface area contributed by atoms with Gasteiger partial charge in [0.25, 0.3) is 0 Å². The molecule has 0 amide bonds. The summed E-state index contributed by atoms with van der Waals surface area (Å²) in [4.78, 5) is 12.0. The molecular formula is C11H16O3. The van der Waals surface area contributed by atoms with E-state index in [1.54, 1.807) is 0 Å². The molecule has 2 spiro atoms. The molecule has 78 valence electrons. The number of hydrogen-bond donors (Lipinski definition) is 0. The zero-order chi connectivity index (χ0) is 9.65. The molecular weight excluding hydrogens is 180 g/mol. The van der Waals surface area contributed by atoms with Crippen molar-refractivity contribution in [3.63, 3.8) is 0 Å². The second-order valence-electron chi connectivity index (χ2n) is 4.65. The van der Waals surface area contributed by atoms with Gasteiger partial charge in [-0.25, -0.2) is 0 Å². The summed E-state index contributed by atoms with van der Waals surface area (Å²) in [5, 5.41) is 0. The molecule has 2 heterocycles. The third-order valence-corrected chi connectivity index (χ3v) is 4.07. The molecule has 0 aromatic carbocycles. The van der Waals surface area contributed by atoms with E-state index in [1.807, 2.05) is 0 Å². The second kappa shape index (κ2) is 2.80. The van der Waals surface area contributed by atoms with Crippen LogP contribution in [0.15, 0.2) is 0 Å². The Morgan fingerprint density at radius 2 is 1.79 bits per heavy atom. The standard InChI is InChI=1S/C11H16O3/c12-9-3-6-10(4-1-7-13-10)11(9)5-2-8-14-11/h1-8H2/t10-,11-/m1/s1. The van der Waals surface area contributed by atoms with E-state index in [4.69, 9.17) is 9.47 Å². The first-order chi connectivity index (χ1) is 6.79. The largest absolute Gasteiger partial charge is 0.371 e. The van der Waals surface area contributed by atoms with Crippen LogP contribution in [0.2, 0.25) is 0 Å². The molecule has 3 rings (SSSR count). The second-order valence-corrected chi connectivity index (χ2v) is 4.65. The molecule has 3 nitrogen and oxygen atoms in total. The Balaban J connectivity index is 2.01. The lowest BCUT2D eigenvalue weighted by atomic mass is 9.81. The molecule has 1 aliphatic carbocycles. The monoisotopic (exact) mass is 196 g/mol. The zero-order valence-electron chi connectivity index (χ0n) is 8.38. The normalized spacial score (nSPS) is 47.3. The number of rotatable bonds is 0. The predicted octanol–water partition coefficient (Wildman–Crippen LogP) is 1.45. The average Bonchev–Trinajstić information content (AvgIpc) is 2.88. The van der Waals surface area contributed by atoms with Crippen LogP contribution in [0.3, 0.4) is 0 Å². The van der Waals surface area contributed by atoms with E-state index in [0.29, 0.717) is 6.42 Å². The summed E-state index contributed by atoms with van der Waals surface area (Å²) in [6, 6.07) is 0. The van der Waals surface area contributed by atoms with Gasteiger partial charge in [-0.1, -0.05) is 0 Å². The van der Waals surface area contributed by atoms with Gasteiger partial charge in [-0.15, -0.1) is 0 Å². The van der Waals surface area contributed by atoms with E-state index in [1.165, 1.54) is 0 Å². The fraction of sp³-hybridized carbons (Fsp3) is 0.909. The molecule has 2 saturated heterocycles. The van der Waals surface area contributed by atoms with Gasteiger partial charge in [0, 0.05) is 19.6 Å². The van der Waals surface area contributed by atoms with Crippen LogP contribution in [-0.2, 0) is 14.3 Å². The molecule has 2 atom stereocenters. The minimum Gasteiger partial charge on any atom is -0.371 e. The van der Waals surface area contributed by atoms with Crippen LogP contribution >= 0.6 is 0 Å². The van der Waals surface area contributed by atoms with Crippen molar-refractivity contribution >= 4 is 5.78 Å². The van der Waals surface area contributed by atoms with Gasteiger partial charge in [-0.3, -0.25) is 4.79 Å². The summed E-state index contributed by atoms with van der Waals surface area (Å²) in [7, 11) is 0. The van der Waals surface area contributed by atoms with Crippen molar-refractivity contribution in [2.75, 3.05) is 13.2 Å². The lowest BCUT2D eigenvalue weighted by Crippen LogP contribution is -2.53. The topological polar surface area (TPSA) is 35.5 Å². The molecule has 1 saturated carbocycles. The predicted molar refractivity (Wildman–Crippen MR) is 50.1 cm³/mol. The van der Waals surface area contributed by atoms with Crippen LogP contribution in [0, 0.1) is 0 Å². The molecule has 0 bridgehead atoms. The minimum absolute atomic E-state index is 0.236. The maximum atomic E-state index is 12.0. The highest BCUT2D eigenvalue weighted by molar-refractivity contribution is 5.92. The van der Waals surface area contributed by atoms with Crippen molar-refractivity contribution in [3.05, 3.63) is 0 Å². The molecule has 0 aromatic rings. The molecule has 0 unspecified atom stereocenters. The van der Waals surface area contributed by atoms with Crippen LogP contribution < -0.4 is 0 Å². The number of Topliss-reactive ketones (excluding diaryl/α,β-unsaturated/α-hetero) is 1. The number of carbonyl (C=O) groups is 1. The maximum Gasteiger partial charge on any atom is 0.167 e. The van der Waals surface area contributed by atoms with Crippen LogP contribution in [0.25, 0.3) is 0 Å². The van der Waals surface area contributed by atoms with Gasteiger partial charge in [0.05, 0.1) is 0 Å². The summed E-state index contributed by atoms with van der Waals surface area (Å²) >= 11 is 0. The van der Waals surface area contributed by atoms with Crippen LogP contribution in [0.4, 0.5) is 0 Å². The Labute approximate surface area is 83.8 Å². The summed E-state index contributed by atoms with van der Waals surface area (Å²) in [5.74, 6) is 0.289. The van der Waals surface area contributed by atoms with Crippen LogP contribution in [0.1, 0.15) is 38.5 Å². The smallest absolute Gasteiger partial charge is 0.167 e. The van der Waals surface area contributed by atoms with Crippen molar-refractivity contribution in [3.8, 4) is 0 Å². The molecule has 3 fully saturated rings. The molecule has 3 heteroatoms. The third kappa shape index (κ3) is 0.873. The van der Waals surface area contributed by atoms with Gasteiger partial charge in [-0.05, 0) is 32.1 Å². The lowest BCUT2D eigenvalue weighted by molar-refractivity contribution is -0.166. The first-order valence-corrected chi connectivity index (χ1v) is 5.60. The highest BCUT2D eigenvalue weighted by atomic mass is 16.6. The summed E-state index contributed by atoms with van der Waals surface area (Å²) in [6.45, 7) is 1.54. The third-order valence-electron chi connectivity index (χ3n) is 4.07. The van der Waals surface area contributed by atoms with E-state index < -0.39 is 5.60 Å².